The van der Waals surface area contributed by atoms with E-state index in [4.69, 9.17) is 4.74 Å². The van der Waals surface area contributed by atoms with Gasteiger partial charge >= 0.3 is 149 Å². The molecule has 2 rings (SSSR count). The molecule has 0 aliphatic carbocycles. The summed E-state index contributed by atoms with van der Waals surface area (Å²) in [5.74, 6) is -0.227. The summed E-state index contributed by atoms with van der Waals surface area (Å²) in [4.78, 5) is 12.1. The zero-order valence-corrected chi connectivity index (χ0v) is 15.9. The summed E-state index contributed by atoms with van der Waals surface area (Å²) in [5, 5.41) is 0. The summed E-state index contributed by atoms with van der Waals surface area (Å²) < 4.78 is 7.73. The third-order valence-corrected chi connectivity index (χ3v) is 6.38. The molecule has 3 heteroatoms. The molecule has 0 spiro atoms. The van der Waals surface area contributed by atoms with Crippen LogP contribution in [0.5, 0.6) is 0 Å². The van der Waals surface area contributed by atoms with Gasteiger partial charge in [-0.2, -0.15) is 0 Å². The van der Waals surface area contributed by atoms with Crippen LogP contribution in [-0.2, 0) is 9.53 Å². The quantitative estimate of drug-likeness (QED) is 0.295. The van der Waals surface area contributed by atoms with Crippen molar-refractivity contribution in [2.45, 2.75) is 26.7 Å². The predicted octanol–water partition coefficient (Wildman–Crippen LogP) is 3.71. The van der Waals surface area contributed by atoms with Gasteiger partial charge in [-0.1, -0.05) is 0 Å². The van der Waals surface area contributed by atoms with E-state index in [1.807, 2.05) is 18.2 Å². The van der Waals surface area contributed by atoms with Gasteiger partial charge in [0.2, 0.25) is 0 Å². The minimum absolute atomic E-state index is 0.227. The maximum atomic E-state index is 12.1. The van der Waals surface area contributed by atoms with Gasteiger partial charge < -0.3 is 0 Å². The summed E-state index contributed by atoms with van der Waals surface area (Å²) in [5.41, 5.74) is 2.37. The summed E-state index contributed by atoms with van der Waals surface area (Å²) in [6, 6.07) is 18.7. The Morgan fingerprint density at radius 3 is 2.43 bits per heavy atom. The molecular formula is C20H22O2Te. The van der Waals surface area contributed by atoms with Crippen LogP contribution in [0.1, 0.15) is 30.9 Å². The first-order chi connectivity index (χ1) is 11.2. The molecule has 23 heavy (non-hydrogen) atoms. The molecule has 0 N–H and O–H groups in total. The van der Waals surface area contributed by atoms with Crippen LogP contribution >= 0.6 is 0 Å². The van der Waals surface area contributed by atoms with Crippen molar-refractivity contribution in [2.24, 2.45) is 0 Å². The first-order valence-electron chi connectivity index (χ1n) is 7.87. The fourth-order valence-electron chi connectivity index (χ4n) is 1.97. The number of unbranched alkanes of at least 4 members (excludes halogenated alkanes) is 1. The van der Waals surface area contributed by atoms with E-state index in [1.54, 1.807) is 6.08 Å². The summed E-state index contributed by atoms with van der Waals surface area (Å²) in [6.45, 7) is 4.67. The number of rotatable bonds is 7. The van der Waals surface area contributed by atoms with E-state index in [0.29, 0.717) is 6.61 Å². The van der Waals surface area contributed by atoms with Gasteiger partial charge in [-0.25, -0.2) is 0 Å². The van der Waals surface area contributed by atoms with Gasteiger partial charge in [-0.05, 0) is 0 Å². The monoisotopic (exact) mass is 424 g/mol. The van der Waals surface area contributed by atoms with Gasteiger partial charge in [0.05, 0.1) is 0 Å². The molecule has 0 heterocycles. The number of carbonyl (C=O) groups is 1. The summed E-state index contributed by atoms with van der Waals surface area (Å²) >= 11 is -0.631. The van der Waals surface area contributed by atoms with Crippen LogP contribution in [0.25, 0.3) is 3.62 Å². The number of ether oxygens (including phenoxy) is 1. The molecule has 0 unspecified atom stereocenters. The first-order valence-corrected chi connectivity index (χ1v) is 10.2. The molecule has 0 radical (unpaired) electrons. The zero-order valence-electron chi connectivity index (χ0n) is 13.6. The average Bonchev–Trinajstić information content (AvgIpc) is 2.57. The molecule has 0 aliphatic rings. The van der Waals surface area contributed by atoms with Crippen molar-refractivity contribution in [3.63, 3.8) is 0 Å². The third kappa shape index (κ3) is 6.22. The van der Waals surface area contributed by atoms with Crippen molar-refractivity contribution in [2.75, 3.05) is 6.61 Å². The Hall–Kier alpha value is -1.56. The van der Waals surface area contributed by atoms with Crippen LogP contribution < -0.4 is 3.61 Å². The van der Waals surface area contributed by atoms with Crippen molar-refractivity contribution in [3.05, 3.63) is 71.8 Å². The second-order valence-corrected chi connectivity index (χ2v) is 8.49. The van der Waals surface area contributed by atoms with Crippen LogP contribution in [0.15, 0.2) is 60.7 Å². The van der Waals surface area contributed by atoms with Crippen molar-refractivity contribution in [3.8, 4) is 0 Å². The Bertz CT molecular complexity index is 645. The normalized spacial score (nSPS) is 11.3. The number of hydrogen-bond donors (Lipinski definition) is 0. The van der Waals surface area contributed by atoms with Gasteiger partial charge in [0, 0.05) is 0 Å². The standard InChI is InChI=1S/C20H22O2Te/c1-3-4-14-22-20(21)15-19(17-8-6-5-7-9-17)23-18-12-10-16(2)11-13-18/h5-13,15H,3-4,14H2,1-2H3/b19-15-. The zero-order chi connectivity index (χ0) is 16.5. The van der Waals surface area contributed by atoms with E-state index in [1.165, 1.54) is 9.17 Å². The van der Waals surface area contributed by atoms with Crippen LogP contribution in [0, 0.1) is 6.92 Å². The number of hydrogen-bond acceptors (Lipinski definition) is 2. The van der Waals surface area contributed by atoms with Crippen LogP contribution in [0.4, 0.5) is 0 Å². The molecule has 0 saturated carbocycles. The molecule has 120 valence electrons. The van der Waals surface area contributed by atoms with Crippen molar-refractivity contribution in [1.82, 2.24) is 0 Å². The maximum absolute atomic E-state index is 12.1. The topological polar surface area (TPSA) is 26.3 Å². The van der Waals surface area contributed by atoms with E-state index in [9.17, 15) is 4.79 Å². The van der Waals surface area contributed by atoms with Crippen molar-refractivity contribution >= 4 is 34.1 Å². The molecule has 0 atom stereocenters. The summed E-state index contributed by atoms with van der Waals surface area (Å²) in [7, 11) is 0. The van der Waals surface area contributed by atoms with E-state index in [-0.39, 0.29) is 5.97 Å². The Morgan fingerprint density at radius 1 is 1.09 bits per heavy atom. The molecule has 0 amide bonds. The van der Waals surface area contributed by atoms with Crippen LogP contribution in [-0.4, -0.2) is 33.5 Å². The van der Waals surface area contributed by atoms with Gasteiger partial charge in [-0.15, -0.1) is 0 Å². The van der Waals surface area contributed by atoms with Crippen molar-refractivity contribution < 1.29 is 9.53 Å². The third-order valence-electron chi connectivity index (χ3n) is 3.30. The fourth-order valence-corrected chi connectivity index (χ4v) is 4.64. The molecule has 2 nitrogen and oxygen atoms in total. The molecule has 0 aliphatic heterocycles. The molecule has 0 fully saturated rings. The Morgan fingerprint density at radius 2 is 1.78 bits per heavy atom. The molecule has 2 aromatic carbocycles. The fraction of sp³-hybridized carbons (Fsp3) is 0.250. The number of benzene rings is 2. The molecule has 2 aromatic rings. The second kappa shape index (κ2) is 9.55. The number of aryl methyl sites for hydroxylation is 1. The second-order valence-electron chi connectivity index (χ2n) is 5.31. The van der Waals surface area contributed by atoms with Crippen LogP contribution in [0.2, 0.25) is 0 Å². The molecule has 0 saturated heterocycles. The van der Waals surface area contributed by atoms with Crippen LogP contribution in [0.3, 0.4) is 0 Å². The van der Waals surface area contributed by atoms with E-state index in [2.05, 4.69) is 50.2 Å². The van der Waals surface area contributed by atoms with E-state index >= 15 is 0 Å². The van der Waals surface area contributed by atoms with Crippen molar-refractivity contribution in [1.29, 1.82) is 0 Å². The van der Waals surface area contributed by atoms with E-state index < -0.39 is 20.9 Å². The number of carbonyl (C=O) groups excluding carboxylic acids is 1. The number of esters is 1. The van der Waals surface area contributed by atoms with Gasteiger partial charge in [0.15, 0.2) is 0 Å². The molecule has 0 bridgehead atoms. The van der Waals surface area contributed by atoms with Gasteiger partial charge in [0.1, 0.15) is 0 Å². The Labute approximate surface area is 148 Å². The molecular weight excluding hydrogens is 400 g/mol. The molecule has 0 aromatic heterocycles. The predicted molar refractivity (Wildman–Crippen MR) is 96.9 cm³/mol. The summed E-state index contributed by atoms with van der Waals surface area (Å²) in [6.07, 6.45) is 3.63. The Kier molecular flexibility index (Phi) is 7.39. The average molecular weight is 422 g/mol. The van der Waals surface area contributed by atoms with Gasteiger partial charge in [0.25, 0.3) is 0 Å². The Balaban J connectivity index is 2.18. The van der Waals surface area contributed by atoms with Gasteiger partial charge in [-0.3, -0.25) is 0 Å². The van der Waals surface area contributed by atoms with E-state index in [0.717, 1.165) is 22.0 Å². The minimum atomic E-state index is -0.631. The first kappa shape index (κ1) is 17.8. The SMILES string of the molecule is CCCCOC(=O)/C=C(\[Te]c1ccc(C)cc1)c1ccccc1.